The lowest BCUT2D eigenvalue weighted by Gasteiger charge is -2.15. The molecule has 1 aromatic heterocycles. The van der Waals surface area contributed by atoms with E-state index >= 15 is 0 Å². The van der Waals surface area contributed by atoms with Gasteiger partial charge in [-0.2, -0.15) is 0 Å². The number of aryl methyl sites for hydroxylation is 1. The van der Waals surface area contributed by atoms with E-state index in [4.69, 9.17) is 0 Å². The van der Waals surface area contributed by atoms with Crippen molar-refractivity contribution in [2.75, 3.05) is 6.54 Å². The van der Waals surface area contributed by atoms with Gasteiger partial charge in [0, 0.05) is 30.8 Å². The number of hydrogen-bond acceptors (Lipinski definition) is 1. The van der Waals surface area contributed by atoms with Crippen LogP contribution in [0.1, 0.15) is 39.2 Å². The third-order valence-electron chi connectivity index (χ3n) is 3.95. The highest BCUT2D eigenvalue weighted by molar-refractivity contribution is 5.80. The first-order valence-corrected chi connectivity index (χ1v) is 7.85. The van der Waals surface area contributed by atoms with Crippen LogP contribution in [0.2, 0.25) is 0 Å². The average molecular weight is 272 g/mol. The van der Waals surface area contributed by atoms with Gasteiger partial charge in [-0.15, -0.1) is 0 Å². The second kappa shape index (κ2) is 6.94. The molecule has 0 amide bonds. The zero-order valence-electron chi connectivity index (χ0n) is 13.3. The van der Waals surface area contributed by atoms with Crippen LogP contribution in [-0.4, -0.2) is 17.2 Å². The number of fused-ring (bicyclic) bond motifs is 1. The van der Waals surface area contributed by atoms with E-state index in [-0.39, 0.29) is 0 Å². The highest BCUT2D eigenvalue weighted by atomic mass is 15.0. The van der Waals surface area contributed by atoms with E-state index in [1.165, 1.54) is 29.3 Å². The lowest BCUT2D eigenvalue weighted by atomic mass is 10.0. The minimum atomic E-state index is 0.612. The molecule has 1 atom stereocenters. The van der Waals surface area contributed by atoms with E-state index in [2.05, 4.69) is 68.0 Å². The standard InChI is InChI=1S/C18H28N2/c1-14(2)5-7-16(4)19-10-12-20-11-9-17-8-6-15(3)13-18(17)20/h6,8-9,11,13-14,16,19H,5,7,10,12H2,1-4H3. The Morgan fingerprint density at radius 3 is 2.65 bits per heavy atom. The summed E-state index contributed by atoms with van der Waals surface area (Å²) in [5.41, 5.74) is 2.68. The summed E-state index contributed by atoms with van der Waals surface area (Å²) in [6.45, 7) is 11.1. The third-order valence-corrected chi connectivity index (χ3v) is 3.95. The van der Waals surface area contributed by atoms with Crippen molar-refractivity contribution in [3.05, 3.63) is 36.0 Å². The fourth-order valence-electron chi connectivity index (χ4n) is 2.61. The topological polar surface area (TPSA) is 17.0 Å². The molecule has 2 heteroatoms. The van der Waals surface area contributed by atoms with Gasteiger partial charge in [0.2, 0.25) is 0 Å². The van der Waals surface area contributed by atoms with Crippen molar-refractivity contribution in [2.45, 2.75) is 53.1 Å². The van der Waals surface area contributed by atoms with Crippen molar-refractivity contribution in [2.24, 2.45) is 5.92 Å². The molecule has 0 saturated heterocycles. The van der Waals surface area contributed by atoms with Crippen LogP contribution in [0.4, 0.5) is 0 Å². The maximum Gasteiger partial charge on any atom is 0.0483 e. The van der Waals surface area contributed by atoms with Gasteiger partial charge in [-0.3, -0.25) is 0 Å². The van der Waals surface area contributed by atoms with Gasteiger partial charge in [-0.1, -0.05) is 26.0 Å². The number of nitrogens with zero attached hydrogens (tertiary/aromatic N) is 1. The minimum absolute atomic E-state index is 0.612. The van der Waals surface area contributed by atoms with E-state index in [0.717, 1.165) is 19.0 Å². The number of rotatable bonds is 7. The molecule has 0 radical (unpaired) electrons. The Labute approximate surface area is 123 Å². The summed E-state index contributed by atoms with van der Waals surface area (Å²) in [4.78, 5) is 0. The molecule has 0 aliphatic carbocycles. The van der Waals surface area contributed by atoms with E-state index in [1.807, 2.05) is 0 Å². The number of hydrogen-bond donors (Lipinski definition) is 1. The largest absolute Gasteiger partial charge is 0.346 e. The van der Waals surface area contributed by atoms with Crippen molar-refractivity contribution >= 4 is 10.9 Å². The van der Waals surface area contributed by atoms with Gasteiger partial charge in [0.25, 0.3) is 0 Å². The van der Waals surface area contributed by atoms with Crippen LogP contribution in [0.25, 0.3) is 10.9 Å². The number of aromatic nitrogens is 1. The quantitative estimate of drug-likeness (QED) is 0.792. The summed E-state index contributed by atoms with van der Waals surface area (Å²) >= 11 is 0. The van der Waals surface area contributed by atoms with Crippen molar-refractivity contribution in [3.63, 3.8) is 0 Å². The molecule has 0 bridgehead atoms. The Morgan fingerprint density at radius 1 is 1.10 bits per heavy atom. The molecular formula is C18H28N2. The summed E-state index contributed by atoms with van der Waals surface area (Å²) < 4.78 is 2.35. The summed E-state index contributed by atoms with van der Waals surface area (Å²) in [6.07, 6.45) is 4.77. The van der Waals surface area contributed by atoms with Gasteiger partial charge in [-0.25, -0.2) is 0 Å². The van der Waals surface area contributed by atoms with E-state index in [9.17, 15) is 0 Å². The summed E-state index contributed by atoms with van der Waals surface area (Å²) in [7, 11) is 0. The number of benzene rings is 1. The lowest BCUT2D eigenvalue weighted by Crippen LogP contribution is -2.29. The maximum absolute atomic E-state index is 3.63. The van der Waals surface area contributed by atoms with Crippen LogP contribution in [0.3, 0.4) is 0 Å². The van der Waals surface area contributed by atoms with Crippen LogP contribution in [0.5, 0.6) is 0 Å². The van der Waals surface area contributed by atoms with Crippen molar-refractivity contribution in [1.29, 1.82) is 0 Å². The highest BCUT2D eigenvalue weighted by Crippen LogP contribution is 2.17. The molecule has 1 unspecified atom stereocenters. The van der Waals surface area contributed by atoms with Crippen molar-refractivity contribution < 1.29 is 0 Å². The van der Waals surface area contributed by atoms with Gasteiger partial charge in [0.1, 0.15) is 0 Å². The minimum Gasteiger partial charge on any atom is -0.346 e. The van der Waals surface area contributed by atoms with Crippen LogP contribution < -0.4 is 5.32 Å². The SMILES string of the molecule is Cc1ccc2ccn(CCNC(C)CCC(C)C)c2c1. The smallest absolute Gasteiger partial charge is 0.0483 e. The molecule has 0 aliphatic heterocycles. The molecule has 1 aromatic carbocycles. The Bertz CT molecular complexity index is 539. The molecule has 1 heterocycles. The normalized spacial score (nSPS) is 13.2. The molecule has 2 aromatic rings. The monoisotopic (exact) mass is 272 g/mol. The molecule has 1 N–H and O–H groups in total. The van der Waals surface area contributed by atoms with Gasteiger partial charge in [0.15, 0.2) is 0 Å². The average Bonchev–Trinajstić information content (AvgIpc) is 2.79. The molecule has 0 fully saturated rings. The first-order chi connectivity index (χ1) is 9.56. The molecule has 0 aliphatic rings. The second-order valence-corrected chi connectivity index (χ2v) is 6.40. The van der Waals surface area contributed by atoms with Crippen LogP contribution >= 0.6 is 0 Å². The molecule has 0 spiro atoms. The van der Waals surface area contributed by atoms with Crippen molar-refractivity contribution in [1.82, 2.24) is 9.88 Å². The molecule has 110 valence electrons. The summed E-state index contributed by atoms with van der Waals surface area (Å²) in [6, 6.07) is 9.48. The number of nitrogens with one attached hydrogen (secondary N) is 1. The summed E-state index contributed by atoms with van der Waals surface area (Å²) in [5, 5.41) is 4.97. The third kappa shape index (κ3) is 4.11. The molecule has 2 nitrogen and oxygen atoms in total. The zero-order valence-corrected chi connectivity index (χ0v) is 13.3. The summed E-state index contributed by atoms with van der Waals surface area (Å²) in [5.74, 6) is 0.801. The first-order valence-electron chi connectivity index (χ1n) is 7.85. The predicted octanol–water partition coefficient (Wildman–Crippen LogP) is 4.36. The van der Waals surface area contributed by atoms with Gasteiger partial charge in [-0.05, 0) is 55.7 Å². The second-order valence-electron chi connectivity index (χ2n) is 6.40. The predicted molar refractivity (Wildman–Crippen MR) is 88.2 cm³/mol. The molecular weight excluding hydrogens is 244 g/mol. The van der Waals surface area contributed by atoms with Crippen LogP contribution in [0, 0.1) is 12.8 Å². The van der Waals surface area contributed by atoms with Crippen LogP contribution in [0.15, 0.2) is 30.5 Å². The fraction of sp³-hybridized carbons (Fsp3) is 0.556. The maximum atomic E-state index is 3.63. The van der Waals surface area contributed by atoms with Gasteiger partial charge < -0.3 is 9.88 Å². The Balaban J connectivity index is 1.85. The molecule has 0 saturated carbocycles. The Morgan fingerprint density at radius 2 is 1.90 bits per heavy atom. The highest BCUT2D eigenvalue weighted by Gasteiger charge is 2.04. The van der Waals surface area contributed by atoms with Crippen LogP contribution in [-0.2, 0) is 6.54 Å². The van der Waals surface area contributed by atoms with Gasteiger partial charge >= 0.3 is 0 Å². The molecule has 20 heavy (non-hydrogen) atoms. The zero-order chi connectivity index (χ0) is 14.5. The Kier molecular flexibility index (Phi) is 5.24. The van der Waals surface area contributed by atoms with Crippen molar-refractivity contribution in [3.8, 4) is 0 Å². The Hall–Kier alpha value is -1.28. The van der Waals surface area contributed by atoms with E-state index in [1.54, 1.807) is 0 Å². The first kappa shape index (κ1) is 15.1. The van der Waals surface area contributed by atoms with E-state index < -0.39 is 0 Å². The van der Waals surface area contributed by atoms with Gasteiger partial charge in [0.05, 0.1) is 0 Å². The molecule has 2 rings (SSSR count). The lowest BCUT2D eigenvalue weighted by molar-refractivity contribution is 0.443. The fourth-order valence-corrected chi connectivity index (χ4v) is 2.61. The van der Waals surface area contributed by atoms with E-state index in [0.29, 0.717) is 6.04 Å².